The lowest BCUT2D eigenvalue weighted by Crippen LogP contribution is -2.18. The molecule has 0 aromatic heterocycles. The summed E-state index contributed by atoms with van der Waals surface area (Å²) in [6.45, 7) is 6.35. The Morgan fingerprint density at radius 1 is 1.15 bits per heavy atom. The van der Waals surface area contributed by atoms with Crippen LogP contribution in [0.1, 0.15) is 26.3 Å². The summed E-state index contributed by atoms with van der Waals surface area (Å²) < 4.78 is 0. The zero-order valence-corrected chi connectivity index (χ0v) is 9.67. The van der Waals surface area contributed by atoms with E-state index < -0.39 is 0 Å². The highest BCUT2D eigenvalue weighted by Gasteiger charge is 2.17. The molecule has 13 heavy (non-hydrogen) atoms. The van der Waals surface area contributed by atoms with Crippen LogP contribution in [0.25, 0.3) is 0 Å². The molecule has 0 amide bonds. The van der Waals surface area contributed by atoms with Crippen LogP contribution in [-0.4, -0.2) is 4.86 Å². The van der Waals surface area contributed by atoms with Crippen molar-refractivity contribution in [3.63, 3.8) is 0 Å². The SMILES string of the molecule is CC(C)(C)C(=S)c1ccc(Cl)cc1. The Bertz CT molecular complexity index is 306. The fourth-order valence-corrected chi connectivity index (χ4v) is 1.30. The Balaban J connectivity index is 2.97. The highest BCUT2D eigenvalue weighted by molar-refractivity contribution is 7.81. The summed E-state index contributed by atoms with van der Waals surface area (Å²) in [5, 5.41) is 0.750. The molecular formula is C11H13ClS. The number of hydrogen-bond donors (Lipinski definition) is 0. The topological polar surface area (TPSA) is 0 Å². The first kappa shape index (κ1) is 10.7. The summed E-state index contributed by atoms with van der Waals surface area (Å²) in [7, 11) is 0. The number of halogens is 1. The van der Waals surface area contributed by atoms with E-state index in [9.17, 15) is 0 Å². The van der Waals surface area contributed by atoms with Crippen LogP contribution in [0, 0.1) is 5.41 Å². The molecule has 0 unspecified atom stereocenters. The van der Waals surface area contributed by atoms with Crippen molar-refractivity contribution < 1.29 is 0 Å². The molecule has 0 saturated carbocycles. The lowest BCUT2D eigenvalue weighted by Gasteiger charge is -2.19. The van der Waals surface area contributed by atoms with E-state index in [0.717, 1.165) is 15.5 Å². The number of hydrogen-bond acceptors (Lipinski definition) is 1. The van der Waals surface area contributed by atoms with Crippen LogP contribution in [0.4, 0.5) is 0 Å². The summed E-state index contributed by atoms with van der Waals surface area (Å²) in [6, 6.07) is 7.68. The van der Waals surface area contributed by atoms with Crippen molar-refractivity contribution in [3.05, 3.63) is 34.9 Å². The molecule has 2 heteroatoms. The van der Waals surface area contributed by atoms with E-state index in [1.807, 2.05) is 24.3 Å². The molecule has 1 rings (SSSR count). The standard InChI is InChI=1S/C11H13ClS/c1-11(2,3)10(13)8-4-6-9(12)7-5-8/h4-7H,1-3H3. The molecule has 0 aliphatic carbocycles. The molecule has 1 aromatic carbocycles. The molecule has 0 atom stereocenters. The van der Waals surface area contributed by atoms with Gasteiger partial charge in [0.25, 0.3) is 0 Å². The second-order valence-corrected chi connectivity index (χ2v) is 4.93. The number of benzene rings is 1. The minimum absolute atomic E-state index is 0.0448. The third-order valence-corrected chi connectivity index (χ3v) is 2.89. The molecular weight excluding hydrogens is 200 g/mol. The third-order valence-electron chi connectivity index (χ3n) is 1.79. The molecule has 1 aromatic rings. The van der Waals surface area contributed by atoms with Gasteiger partial charge in [0.2, 0.25) is 0 Å². The Morgan fingerprint density at radius 3 is 2.00 bits per heavy atom. The summed E-state index contributed by atoms with van der Waals surface area (Å²) in [5.74, 6) is 0. The number of rotatable bonds is 1. The minimum Gasteiger partial charge on any atom is -0.0843 e. The second kappa shape index (κ2) is 3.77. The maximum Gasteiger partial charge on any atom is 0.0406 e. The number of thiocarbonyl (C=S) groups is 1. The molecule has 0 aliphatic heterocycles. The smallest absolute Gasteiger partial charge is 0.0406 e. The summed E-state index contributed by atoms with van der Waals surface area (Å²) >= 11 is 11.1. The second-order valence-electron chi connectivity index (χ2n) is 4.09. The van der Waals surface area contributed by atoms with Gasteiger partial charge in [0.1, 0.15) is 0 Å². The van der Waals surface area contributed by atoms with Gasteiger partial charge in [0.15, 0.2) is 0 Å². The largest absolute Gasteiger partial charge is 0.0843 e. The zero-order chi connectivity index (χ0) is 10.1. The van der Waals surface area contributed by atoms with Crippen molar-refractivity contribution in [2.24, 2.45) is 5.41 Å². The van der Waals surface area contributed by atoms with Crippen LogP contribution in [0.5, 0.6) is 0 Å². The fourth-order valence-electron chi connectivity index (χ4n) is 1.03. The molecule has 0 saturated heterocycles. The molecule has 70 valence electrons. The van der Waals surface area contributed by atoms with Crippen LogP contribution >= 0.6 is 23.8 Å². The monoisotopic (exact) mass is 212 g/mol. The van der Waals surface area contributed by atoms with Crippen molar-refractivity contribution >= 4 is 28.7 Å². The summed E-state index contributed by atoms with van der Waals surface area (Å²) in [5.41, 5.74) is 1.13. The summed E-state index contributed by atoms with van der Waals surface area (Å²) in [6.07, 6.45) is 0. The Labute approximate surface area is 89.9 Å². The van der Waals surface area contributed by atoms with Crippen molar-refractivity contribution in [2.75, 3.05) is 0 Å². The first-order valence-electron chi connectivity index (χ1n) is 4.21. The van der Waals surface area contributed by atoms with E-state index in [1.54, 1.807) is 0 Å². The molecule has 0 bridgehead atoms. The van der Waals surface area contributed by atoms with Gasteiger partial charge in [-0.1, -0.05) is 56.7 Å². The molecule has 0 nitrogen and oxygen atoms in total. The van der Waals surface area contributed by atoms with Crippen LogP contribution < -0.4 is 0 Å². The Hall–Kier alpha value is -0.400. The van der Waals surface area contributed by atoms with E-state index >= 15 is 0 Å². The average Bonchev–Trinajstić information content (AvgIpc) is 2.03. The van der Waals surface area contributed by atoms with E-state index in [0.29, 0.717) is 0 Å². The van der Waals surface area contributed by atoms with Gasteiger partial charge in [0.05, 0.1) is 0 Å². The third kappa shape index (κ3) is 2.78. The van der Waals surface area contributed by atoms with Gasteiger partial charge in [0, 0.05) is 9.89 Å². The van der Waals surface area contributed by atoms with E-state index in [-0.39, 0.29) is 5.41 Å². The first-order valence-corrected chi connectivity index (χ1v) is 5.00. The molecule has 0 fully saturated rings. The normalized spacial score (nSPS) is 11.4. The quantitative estimate of drug-likeness (QED) is 0.499. The van der Waals surface area contributed by atoms with E-state index in [2.05, 4.69) is 20.8 Å². The van der Waals surface area contributed by atoms with Crippen LogP contribution in [0.3, 0.4) is 0 Å². The maximum absolute atomic E-state index is 5.79. The van der Waals surface area contributed by atoms with Gasteiger partial charge in [-0.3, -0.25) is 0 Å². The highest BCUT2D eigenvalue weighted by Crippen LogP contribution is 2.22. The molecule has 0 heterocycles. The maximum atomic E-state index is 5.79. The van der Waals surface area contributed by atoms with Gasteiger partial charge in [-0.2, -0.15) is 0 Å². The highest BCUT2D eigenvalue weighted by atomic mass is 35.5. The van der Waals surface area contributed by atoms with Crippen LogP contribution in [-0.2, 0) is 0 Å². The van der Waals surface area contributed by atoms with Gasteiger partial charge in [-0.15, -0.1) is 0 Å². The minimum atomic E-state index is 0.0448. The van der Waals surface area contributed by atoms with E-state index in [4.69, 9.17) is 23.8 Å². The molecule has 0 radical (unpaired) electrons. The molecule has 0 N–H and O–H groups in total. The Kier molecular flexibility index (Phi) is 3.09. The predicted molar refractivity (Wildman–Crippen MR) is 62.6 cm³/mol. The van der Waals surface area contributed by atoms with Crippen molar-refractivity contribution in [2.45, 2.75) is 20.8 Å². The lowest BCUT2D eigenvalue weighted by atomic mass is 9.88. The lowest BCUT2D eigenvalue weighted by molar-refractivity contribution is 0.602. The first-order chi connectivity index (χ1) is 5.91. The van der Waals surface area contributed by atoms with Crippen LogP contribution in [0.2, 0.25) is 5.02 Å². The average molecular weight is 213 g/mol. The van der Waals surface area contributed by atoms with Gasteiger partial charge in [-0.25, -0.2) is 0 Å². The Morgan fingerprint density at radius 2 is 1.62 bits per heavy atom. The predicted octanol–water partition coefficient (Wildman–Crippen LogP) is 4.10. The van der Waals surface area contributed by atoms with E-state index in [1.165, 1.54) is 0 Å². The van der Waals surface area contributed by atoms with Gasteiger partial charge in [-0.05, 0) is 23.1 Å². The van der Waals surface area contributed by atoms with Gasteiger partial charge >= 0.3 is 0 Å². The van der Waals surface area contributed by atoms with Crippen molar-refractivity contribution in [1.82, 2.24) is 0 Å². The van der Waals surface area contributed by atoms with Gasteiger partial charge < -0.3 is 0 Å². The summed E-state index contributed by atoms with van der Waals surface area (Å²) in [4.78, 5) is 0.976. The zero-order valence-electron chi connectivity index (χ0n) is 8.10. The van der Waals surface area contributed by atoms with Crippen LogP contribution in [0.15, 0.2) is 24.3 Å². The molecule has 0 spiro atoms. The molecule has 0 aliphatic rings. The fraction of sp³-hybridized carbons (Fsp3) is 0.364. The van der Waals surface area contributed by atoms with Crippen molar-refractivity contribution in [3.8, 4) is 0 Å². The van der Waals surface area contributed by atoms with Crippen molar-refractivity contribution in [1.29, 1.82) is 0 Å².